The number of rotatable bonds is 2. The van der Waals surface area contributed by atoms with Crippen LogP contribution in [0.5, 0.6) is 0 Å². The molecule has 14 heavy (non-hydrogen) atoms. The van der Waals surface area contributed by atoms with Gasteiger partial charge in [0, 0.05) is 12.6 Å². The van der Waals surface area contributed by atoms with Gasteiger partial charge in [0.05, 0.1) is 5.71 Å². The zero-order chi connectivity index (χ0) is 10.6. The number of nitrogens with zero attached hydrogens (tertiary/aromatic N) is 1. The Kier molecular flexibility index (Phi) is 3.63. The lowest BCUT2D eigenvalue weighted by molar-refractivity contribution is 1.36. The van der Waals surface area contributed by atoms with Crippen molar-refractivity contribution in [1.29, 1.82) is 0 Å². The minimum Gasteiger partial charge on any atom is -0.288 e. The van der Waals surface area contributed by atoms with Crippen LogP contribution in [0.2, 0.25) is 0 Å². The van der Waals surface area contributed by atoms with Crippen molar-refractivity contribution in [3.63, 3.8) is 0 Å². The van der Waals surface area contributed by atoms with Crippen molar-refractivity contribution in [2.24, 2.45) is 4.99 Å². The lowest BCUT2D eigenvalue weighted by atomic mass is 10.0. The highest BCUT2D eigenvalue weighted by atomic mass is 14.7. The first-order chi connectivity index (χ1) is 6.65. The molecule has 0 saturated heterocycles. The maximum Gasteiger partial charge on any atom is 0.0645 e. The summed E-state index contributed by atoms with van der Waals surface area (Å²) in [4.78, 5) is 4.30. The van der Waals surface area contributed by atoms with Gasteiger partial charge in [0.2, 0.25) is 0 Å². The quantitative estimate of drug-likeness (QED) is 0.629. The summed E-state index contributed by atoms with van der Waals surface area (Å²) in [6.07, 6.45) is 2.11. The topological polar surface area (TPSA) is 12.4 Å². The van der Waals surface area contributed by atoms with E-state index >= 15 is 0 Å². The average Bonchev–Trinajstić information content (AvgIpc) is 2.15. The van der Waals surface area contributed by atoms with Gasteiger partial charge in [-0.2, -0.15) is 0 Å². The first-order valence-electron chi connectivity index (χ1n) is 4.83. The summed E-state index contributed by atoms with van der Waals surface area (Å²) in [5, 5.41) is 0. The predicted octanol–water partition coefficient (Wildman–Crippen LogP) is 3.38. The van der Waals surface area contributed by atoms with Crippen LogP contribution in [0.3, 0.4) is 0 Å². The summed E-state index contributed by atoms with van der Waals surface area (Å²) in [5.41, 5.74) is 4.82. The lowest BCUT2D eigenvalue weighted by Gasteiger charge is -2.05. The third-order valence-electron chi connectivity index (χ3n) is 2.09. The van der Waals surface area contributed by atoms with Gasteiger partial charge in [-0.05, 0) is 32.4 Å². The average molecular weight is 187 g/mol. The molecule has 1 aromatic rings. The van der Waals surface area contributed by atoms with E-state index in [9.17, 15) is 0 Å². The molecule has 0 N–H and O–H groups in total. The Balaban J connectivity index is 3.15. The fraction of sp³-hybridized carbons (Fsp3) is 0.308. The predicted molar refractivity (Wildman–Crippen MR) is 63.1 cm³/mol. The summed E-state index contributed by atoms with van der Waals surface area (Å²) in [6, 6.07) is 8.32. The second-order valence-corrected chi connectivity index (χ2v) is 3.65. The van der Waals surface area contributed by atoms with Gasteiger partial charge < -0.3 is 0 Å². The molecule has 0 spiro atoms. The normalized spacial score (nSPS) is 11.3. The molecule has 1 nitrogen and oxygen atoms in total. The Bertz CT molecular complexity index is 369. The van der Waals surface area contributed by atoms with E-state index < -0.39 is 0 Å². The standard InChI is InChI=1S/C13H17N/c1-10(2)9-13(14-4)12-8-6-5-7-11(12)3/h5-9H,1-4H3/b14-13-. The minimum atomic E-state index is 1.06. The summed E-state index contributed by atoms with van der Waals surface area (Å²) < 4.78 is 0. The fourth-order valence-corrected chi connectivity index (χ4v) is 1.40. The van der Waals surface area contributed by atoms with Crippen molar-refractivity contribution >= 4 is 5.71 Å². The minimum absolute atomic E-state index is 1.06. The number of allylic oxidation sites excluding steroid dienone is 2. The SMILES string of the molecule is C/N=C(/C=C(C)C)c1ccccc1C. The maximum absolute atomic E-state index is 4.30. The molecule has 1 heteroatoms. The molecule has 0 fully saturated rings. The van der Waals surface area contributed by atoms with Gasteiger partial charge in [0.1, 0.15) is 0 Å². The van der Waals surface area contributed by atoms with Crippen LogP contribution >= 0.6 is 0 Å². The van der Waals surface area contributed by atoms with Gasteiger partial charge >= 0.3 is 0 Å². The van der Waals surface area contributed by atoms with Crippen molar-refractivity contribution < 1.29 is 0 Å². The summed E-state index contributed by atoms with van der Waals surface area (Å²) in [7, 11) is 1.83. The van der Waals surface area contributed by atoms with Crippen molar-refractivity contribution in [3.8, 4) is 0 Å². The van der Waals surface area contributed by atoms with Crippen molar-refractivity contribution in [3.05, 3.63) is 47.0 Å². The molecule has 0 atom stereocenters. The smallest absolute Gasteiger partial charge is 0.0645 e. The Labute approximate surface area is 86.2 Å². The third-order valence-corrected chi connectivity index (χ3v) is 2.09. The molecular weight excluding hydrogens is 170 g/mol. The van der Waals surface area contributed by atoms with Crippen molar-refractivity contribution in [1.82, 2.24) is 0 Å². The monoisotopic (exact) mass is 187 g/mol. The van der Waals surface area contributed by atoms with Crippen LogP contribution < -0.4 is 0 Å². The van der Waals surface area contributed by atoms with Crippen LogP contribution in [0, 0.1) is 6.92 Å². The number of hydrogen-bond acceptors (Lipinski definition) is 1. The fourth-order valence-electron chi connectivity index (χ4n) is 1.40. The third kappa shape index (κ3) is 2.56. The maximum atomic E-state index is 4.30. The summed E-state index contributed by atoms with van der Waals surface area (Å²) in [6.45, 7) is 6.28. The highest BCUT2D eigenvalue weighted by molar-refractivity contribution is 6.09. The summed E-state index contributed by atoms with van der Waals surface area (Å²) >= 11 is 0. The van der Waals surface area contributed by atoms with Crippen LogP contribution in [0.4, 0.5) is 0 Å². The summed E-state index contributed by atoms with van der Waals surface area (Å²) in [5.74, 6) is 0. The van der Waals surface area contributed by atoms with Crippen molar-refractivity contribution in [2.45, 2.75) is 20.8 Å². The molecule has 0 aliphatic heterocycles. The van der Waals surface area contributed by atoms with Gasteiger partial charge in [0.15, 0.2) is 0 Å². The second kappa shape index (κ2) is 4.75. The van der Waals surface area contributed by atoms with Crippen LogP contribution in [-0.4, -0.2) is 12.8 Å². The van der Waals surface area contributed by atoms with Gasteiger partial charge in [-0.15, -0.1) is 0 Å². The molecule has 0 unspecified atom stereocenters. The highest BCUT2D eigenvalue weighted by Gasteiger charge is 2.01. The zero-order valence-electron chi connectivity index (χ0n) is 9.33. The van der Waals surface area contributed by atoms with Gasteiger partial charge in [-0.1, -0.05) is 29.8 Å². The Morgan fingerprint density at radius 2 is 1.86 bits per heavy atom. The van der Waals surface area contributed by atoms with E-state index in [0.29, 0.717) is 0 Å². The number of aryl methyl sites for hydroxylation is 1. The Morgan fingerprint density at radius 3 is 2.36 bits per heavy atom. The molecule has 1 aromatic carbocycles. The van der Waals surface area contributed by atoms with Crippen LogP contribution in [-0.2, 0) is 0 Å². The molecule has 0 aliphatic carbocycles. The number of aliphatic imine (C=N–C) groups is 1. The molecule has 0 amide bonds. The number of hydrogen-bond donors (Lipinski definition) is 0. The van der Waals surface area contributed by atoms with E-state index in [0.717, 1.165) is 5.71 Å². The van der Waals surface area contributed by atoms with Gasteiger partial charge in [0.25, 0.3) is 0 Å². The van der Waals surface area contributed by atoms with Crippen molar-refractivity contribution in [2.75, 3.05) is 7.05 Å². The van der Waals surface area contributed by atoms with E-state index in [1.807, 2.05) is 13.1 Å². The molecule has 0 aliphatic rings. The first kappa shape index (κ1) is 10.7. The first-order valence-corrected chi connectivity index (χ1v) is 4.83. The molecule has 0 bridgehead atoms. The highest BCUT2D eigenvalue weighted by Crippen LogP contribution is 2.10. The number of benzene rings is 1. The zero-order valence-corrected chi connectivity index (χ0v) is 9.33. The van der Waals surface area contributed by atoms with Crippen LogP contribution in [0.1, 0.15) is 25.0 Å². The molecule has 0 radical (unpaired) electrons. The Morgan fingerprint density at radius 1 is 1.21 bits per heavy atom. The van der Waals surface area contributed by atoms with Gasteiger partial charge in [-0.3, -0.25) is 4.99 Å². The van der Waals surface area contributed by atoms with E-state index in [-0.39, 0.29) is 0 Å². The van der Waals surface area contributed by atoms with E-state index in [1.54, 1.807) is 0 Å². The second-order valence-electron chi connectivity index (χ2n) is 3.65. The molecule has 1 rings (SSSR count). The van der Waals surface area contributed by atoms with Gasteiger partial charge in [-0.25, -0.2) is 0 Å². The van der Waals surface area contributed by atoms with E-state index in [4.69, 9.17) is 0 Å². The van der Waals surface area contributed by atoms with Crippen LogP contribution in [0.25, 0.3) is 0 Å². The Hall–Kier alpha value is -1.37. The lowest BCUT2D eigenvalue weighted by Crippen LogP contribution is -1.99. The van der Waals surface area contributed by atoms with E-state index in [2.05, 4.69) is 50.0 Å². The molecule has 74 valence electrons. The molecular formula is C13H17N. The molecule has 0 saturated carbocycles. The largest absolute Gasteiger partial charge is 0.288 e. The molecule has 0 heterocycles. The van der Waals surface area contributed by atoms with Crippen LogP contribution in [0.15, 0.2) is 40.9 Å². The van der Waals surface area contributed by atoms with E-state index in [1.165, 1.54) is 16.7 Å². The molecule has 0 aromatic heterocycles.